The number of nitrogens with zero attached hydrogens (tertiary/aromatic N) is 2. The van der Waals surface area contributed by atoms with Gasteiger partial charge in [0.15, 0.2) is 0 Å². The predicted molar refractivity (Wildman–Crippen MR) is 62.4 cm³/mol. The quantitative estimate of drug-likeness (QED) is 0.599. The Hall–Kier alpha value is -0.750. The molecule has 1 aromatic heterocycles. The van der Waals surface area contributed by atoms with Crippen molar-refractivity contribution in [2.45, 2.75) is 26.8 Å². The van der Waals surface area contributed by atoms with Gasteiger partial charge in [0.1, 0.15) is 0 Å². The van der Waals surface area contributed by atoms with Crippen LogP contribution in [0, 0.1) is 17.8 Å². The van der Waals surface area contributed by atoms with Crippen molar-refractivity contribution in [3.8, 4) is 11.8 Å². The van der Waals surface area contributed by atoms with Gasteiger partial charge in [0, 0.05) is 24.5 Å². The standard InChI is InChI=1S/C11H15BrN2/c1-10(2)8-14-9-11(7-13-14)5-3-4-6-12/h7,9-10H,4,6,8H2,1-2H3. The number of rotatable bonds is 3. The second-order valence-corrected chi connectivity index (χ2v) is 4.38. The van der Waals surface area contributed by atoms with Gasteiger partial charge in [0.2, 0.25) is 0 Å². The number of hydrogen-bond donors (Lipinski definition) is 0. The molecule has 0 aliphatic rings. The minimum Gasteiger partial charge on any atom is -0.271 e. The maximum atomic E-state index is 4.24. The normalized spacial score (nSPS) is 10.0. The van der Waals surface area contributed by atoms with Gasteiger partial charge >= 0.3 is 0 Å². The smallest absolute Gasteiger partial charge is 0.0646 e. The SMILES string of the molecule is CC(C)Cn1cc(C#CCCBr)cn1. The van der Waals surface area contributed by atoms with Crippen LogP contribution in [0.2, 0.25) is 0 Å². The topological polar surface area (TPSA) is 17.8 Å². The second-order valence-electron chi connectivity index (χ2n) is 3.59. The molecule has 0 radical (unpaired) electrons. The van der Waals surface area contributed by atoms with Crippen LogP contribution in [-0.4, -0.2) is 15.1 Å². The van der Waals surface area contributed by atoms with Crippen molar-refractivity contribution in [1.82, 2.24) is 9.78 Å². The monoisotopic (exact) mass is 254 g/mol. The summed E-state index contributed by atoms with van der Waals surface area (Å²) in [5.41, 5.74) is 1.01. The van der Waals surface area contributed by atoms with E-state index in [2.05, 4.69) is 46.7 Å². The lowest BCUT2D eigenvalue weighted by atomic mass is 10.2. The molecule has 0 aromatic carbocycles. The van der Waals surface area contributed by atoms with E-state index in [1.165, 1.54) is 0 Å². The molecule has 0 aliphatic heterocycles. The lowest BCUT2D eigenvalue weighted by molar-refractivity contribution is 0.483. The number of hydrogen-bond acceptors (Lipinski definition) is 1. The Morgan fingerprint density at radius 1 is 1.57 bits per heavy atom. The van der Waals surface area contributed by atoms with Crippen molar-refractivity contribution in [2.24, 2.45) is 5.92 Å². The highest BCUT2D eigenvalue weighted by Gasteiger charge is 1.97. The molecule has 0 saturated carbocycles. The molecule has 0 amide bonds. The van der Waals surface area contributed by atoms with Gasteiger partial charge in [-0.3, -0.25) is 4.68 Å². The first-order valence-corrected chi connectivity index (χ1v) is 5.92. The minimum atomic E-state index is 0.623. The van der Waals surface area contributed by atoms with Crippen molar-refractivity contribution in [1.29, 1.82) is 0 Å². The summed E-state index contributed by atoms with van der Waals surface area (Å²) in [5, 5.41) is 5.17. The van der Waals surface area contributed by atoms with Gasteiger partial charge in [-0.2, -0.15) is 5.10 Å². The Labute approximate surface area is 93.8 Å². The van der Waals surface area contributed by atoms with Crippen molar-refractivity contribution in [3.63, 3.8) is 0 Å². The van der Waals surface area contributed by atoms with Gasteiger partial charge in [0.05, 0.1) is 11.8 Å². The lowest BCUT2D eigenvalue weighted by Gasteiger charge is -2.02. The van der Waals surface area contributed by atoms with Gasteiger partial charge in [-0.05, 0) is 5.92 Å². The third-order valence-corrected chi connectivity index (χ3v) is 2.03. The van der Waals surface area contributed by atoms with Crippen molar-refractivity contribution >= 4 is 15.9 Å². The summed E-state index contributed by atoms with van der Waals surface area (Å²) in [5.74, 6) is 6.77. The predicted octanol–water partition coefficient (Wildman–Crippen LogP) is 2.68. The highest BCUT2D eigenvalue weighted by molar-refractivity contribution is 9.09. The maximum absolute atomic E-state index is 4.24. The van der Waals surface area contributed by atoms with E-state index in [0.29, 0.717) is 5.92 Å². The Balaban J connectivity index is 2.56. The fourth-order valence-corrected chi connectivity index (χ4v) is 1.31. The summed E-state index contributed by atoms with van der Waals surface area (Å²) in [6, 6.07) is 0. The van der Waals surface area contributed by atoms with Gasteiger partial charge in [-0.1, -0.05) is 41.6 Å². The van der Waals surface area contributed by atoms with Crippen LogP contribution in [0.5, 0.6) is 0 Å². The fraction of sp³-hybridized carbons (Fsp3) is 0.545. The van der Waals surface area contributed by atoms with E-state index in [-0.39, 0.29) is 0 Å². The molecule has 1 rings (SSSR count). The molecule has 0 aliphatic carbocycles. The Morgan fingerprint density at radius 2 is 2.36 bits per heavy atom. The zero-order chi connectivity index (χ0) is 10.4. The van der Waals surface area contributed by atoms with Crippen LogP contribution >= 0.6 is 15.9 Å². The van der Waals surface area contributed by atoms with Crippen molar-refractivity contribution < 1.29 is 0 Å². The van der Waals surface area contributed by atoms with E-state index in [0.717, 1.165) is 23.9 Å². The molecule has 0 fully saturated rings. The summed E-state index contributed by atoms with van der Waals surface area (Å²) >= 11 is 3.34. The summed E-state index contributed by atoms with van der Waals surface area (Å²) in [7, 11) is 0. The molecule has 14 heavy (non-hydrogen) atoms. The van der Waals surface area contributed by atoms with Crippen LogP contribution in [0.1, 0.15) is 25.8 Å². The molecule has 1 heterocycles. The third kappa shape index (κ3) is 3.97. The number of halogens is 1. The molecule has 76 valence electrons. The molecular weight excluding hydrogens is 240 g/mol. The highest BCUT2D eigenvalue weighted by Crippen LogP contribution is 2.00. The maximum Gasteiger partial charge on any atom is 0.0646 e. The Morgan fingerprint density at radius 3 is 3.00 bits per heavy atom. The summed E-state index contributed by atoms with van der Waals surface area (Å²) in [6.45, 7) is 5.32. The van der Waals surface area contributed by atoms with Crippen molar-refractivity contribution in [3.05, 3.63) is 18.0 Å². The van der Waals surface area contributed by atoms with E-state index in [4.69, 9.17) is 0 Å². The minimum absolute atomic E-state index is 0.623. The Bertz CT molecular complexity index is 331. The van der Waals surface area contributed by atoms with Crippen LogP contribution in [0.3, 0.4) is 0 Å². The van der Waals surface area contributed by atoms with Crippen LogP contribution in [0.15, 0.2) is 12.4 Å². The first-order valence-electron chi connectivity index (χ1n) is 4.79. The molecule has 0 spiro atoms. The largest absolute Gasteiger partial charge is 0.271 e. The first kappa shape index (κ1) is 11.3. The zero-order valence-corrected chi connectivity index (χ0v) is 10.2. The molecule has 1 aromatic rings. The Kier molecular flexibility index (Phi) is 4.75. The third-order valence-electron chi connectivity index (χ3n) is 1.64. The van der Waals surface area contributed by atoms with Gasteiger partial charge in [0.25, 0.3) is 0 Å². The summed E-state index contributed by atoms with van der Waals surface area (Å²) in [4.78, 5) is 0. The van der Waals surface area contributed by atoms with Crippen LogP contribution in [-0.2, 0) is 6.54 Å². The van der Waals surface area contributed by atoms with E-state index in [9.17, 15) is 0 Å². The van der Waals surface area contributed by atoms with Crippen molar-refractivity contribution in [2.75, 3.05) is 5.33 Å². The van der Waals surface area contributed by atoms with E-state index in [1.54, 1.807) is 0 Å². The van der Waals surface area contributed by atoms with E-state index < -0.39 is 0 Å². The molecular formula is C11H15BrN2. The fourth-order valence-electron chi connectivity index (χ4n) is 1.11. The second kappa shape index (κ2) is 5.87. The van der Waals surface area contributed by atoms with Crippen LogP contribution in [0.25, 0.3) is 0 Å². The molecule has 0 saturated heterocycles. The van der Waals surface area contributed by atoms with E-state index in [1.807, 2.05) is 17.1 Å². The summed E-state index contributed by atoms with van der Waals surface area (Å²) < 4.78 is 1.95. The molecule has 0 atom stereocenters. The molecule has 0 N–H and O–H groups in total. The van der Waals surface area contributed by atoms with Gasteiger partial charge in [-0.15, -0.1) is 0 Å². The van der Waals surface area contributed by atoms with Crippen LogP contribution in [0.4, 0.5) is 0 Å². The molecule has 3 heteroatoms. The lowest BCUT2D eigenvalue weighted by Crippen LogP contribution is -2.03. The number of alkyl halides is 1. The summed E-state index contributed by atoms with van der Waals surface area (Å²) in [6.07, 6.45) is 4.71. The van der Waals surface area contributed by atoms with Gasteiger partial charge < -0.3 is 0 Å². The number of aromatic nitrogens is 2. The zero-order valence-electron chi connectivity index (χ0n) is 8.63. The van der Waals surface area contributed by atoms with Crippen LogP contribution < -0.4 is 0 Å². The van der Waals surface area contributed by atoms with E-state index >= 15 is 0 Å². The molecule has 0 unspecified atom stereocenters. The first-order chi connectivity index (χ1) is 6.72. The molecule has 2 nitrogen and oxygen atoms in total. The van der Waals surface area contributed by atoms with Gasteiger partial charge in [-0.25, -0.2) is 0 Å². The average Bonchev–Trinajstić information content (AvgIpc) is 2.52. The highest BCUT2D eigenvalue weighted by atomic mass is 79.9. The molecule has 0 bridgehead atoms. The average molecular weight is 255 g/mol.